The molecule has 4 aromatic rings. The van der Waals surface area contributed by atoms with E-state index in [1.165, 1.54) is 0 Å². The summed E-state index contributed by atoms with van der Waals surface area (Å²) in [5, 5.41) is 3.32. The summed E-state index contributed by atoms with van der Waals surface area (Å²) in [7, 11) is 0. The van der Waals surface area contributed by atoms with Gasteiger partial charge in [0.15, 0.2) is 0 Å². The van der Waals surface area contributed by atoms with Crippen molar-refractivity contribution in [3.63, 3.8) is 0 Å². The Morgan fingerprint density at radius 3 is 1.86 bits per heavy atom. The predicted molar refractivity (Wildman–Crippen MR) is 137 cm³/mol. The smallest absolute Gasteiger partial charge is 0.348 e. The Hall–Kier alpha value is -4.22. The van der Waals surface area contributed by atoms with Gasteiger partial charge in [0.25, 0.3) is 0 Å². The van der Waals surface area contributed by atoms with Crippen LogP contribution in [-0.2, 0) is 31.0 Å². The van der Waals surface area contributed by atoms with Crippen molar-refractivity contribution in [2.45, 2.75) is 24.1 Å². The Morgan fingerprint density at radius 2 is 1.31 bits per heavy atom. The molecular formula is C31H27NO4. The predicted octanol–water partition coefficient (Wildman–Crippen LogP) is 4.97. The standard InChI is InChI=1S/C31H27NO4/c33-29(27(24-15-7-2-8-16-24)32-21-23-13-5-1-6-14-23)36-28-30(34)35-22-31(28,25-17-9-3-10-18-25)26-19-11-4-12-20-26/h1-20,27-28,32H,21-22H2/t27-,28?/m0/s1. The van der Waals surface area contributed by atoms with Gasteiger partial charge in [-0.05, 0) is 22.3 Å². The summed E-state index contributed by atoms with van der Waals surface area (Å²) in [5.74, 6) is -1.08. The number of ether oxygens (including phenoxy) is 2. The van der Waals surface area contributed by atoms with Crippen molar-refractivity contribution >= 4 is 11.9 Å². The first-order chi connectivity index (χ1) is 17.7. The summed E-state index contributed by atoms with van der Waals surface area (Å²) in [4.78, 5) is 26.8. The average Bonchev–Trinajstić information content (AvgIpc) is 3.27. The zero-order valence-electron chi connectivity index (χ0n) is 19.7. The molecule has 1 aliphatic rings. The summed E-state index contributed by atoms with van der Waals surface area (Å²) < 4.78 is 11.6. The number of hydrogen-bond donors (Lipinski definition) is 1. The van der Waals surface area contributed by atoms with Crippen LogP contribution >= 0.6 is 0 Å². The van der Waals surface area contributed by atoms with Crippen molar-refractivity contribution in [2.24, 2.45) is 0 Å². The Balaban J connectivity index is 1.49. The first kappa shape index (κ1) is 23.5. The zero-order chi connectivity index (χ0) is 24.8. The number of carbonyl (C=O) groups is 2. The van der Waals surface area contributed by atoms with E-state index >= 15 is 0 Å². The lowest BCUT2D eigenvalue weighted by atomic mass is 9.72. The first-order valence-corrected chi connectivity index (χ1v) is 12.0. The molecule has 0 amide bonds. The maximum atomic E-state index is 13.7. The molecule has 0 saturated carbocycles. The molecular weight excluding hydrogens is 450 g/mol. The normalized spacial score (nSPS) is 17.2. The van der Waals surface area contributed by atoms with Gasteiger partial charge in [-0.25, -0.2) is 9.59 Å². The second-order valence-corrected chi connectivity index (χ2v) is 8.84. The number of nitrogens with one attached hydrogen (secondary N) is 1. The maximum Gasteiger partial charge on any atom is 0.348 e. The molecule has 1 unspecified atom stereocenters. The van der Waals surface area contributed by atoms with Gasteiger partial charge >= 0.3 is 11.9 Å². The van der Waals surface area contributed by atoms with Crippen molar-refractivity contribution < 1.29 is 19.1 Å². The summed E-state index contributed by atoms with van der Waals surface area (Å²) in [6.07, 6.45) is -1.13. The van der Waals surface area contributed by atoms with Crippen LogP contribution < -0.4 is 5.32 Å². The van der Waals surface area contributed by atoms with Crippen molar-refractivity contribution in [3.8, 4) is 0 Å². The summed E-state index contributed by atoms with van der Waals surface area (Å²) in [6, 6.07) is 37.7. The fraction of sp³-hybridized carbons (Fsp3) is 0.161. The van der Waals surface area contributed by atoms with E-state index in [4.69, 9.17) is 9.47 Å². The topological polar surface area (TPSA) is 64.6 Å². The maximum absolute atomic E-state index is 13.7. The largest absolute Gasteiger partial charge is 0.461 e. The first-order valence-electron chi connectivity index (χ1n) is 12.0. The fourth-order valence-electron chi connectivity index (χ4n) is 4.78. The fourth-order valence-corrected chi connectivity index (χ4v) is 4.78. The van der Waals surface area contributed by atoms with E-state index in [1.54, 1.807) is 0 Å². The van der Waals surface area contributed by atoms with Gasteiger partial charge in [-0.1, -0.05) is 121 Å². The van der Waals surface area contributed by atoms with Crippen molar-refractivity contribution in [1.29, 1.82) is 0 Å². The lowest BCUT2D eigenvalue weighted by Gasteiger charge is -2.33. The molecule has 1 aliphatic heterocycles. The van der Waals surface area contributed by atoms with E-state index in [-0.39, 0.29) is 6.61 Å². The van der Waals surface area contributed by atoms with E-state index in [1.807, 2.05) is 121 Å². The molecule has 0 radical (unpaired) electrons. The van der Waals surface area contributed by atoms with Gasteiger partial charge < -0.3 is 9.47 Å². The Bertz CT molecular complexity index is 1250. The van der Waals surface area contributed by atoms with E-state index in [0.29, 0.717) is 6.54 Å². The highest BCUT2D eigenvalue weighted by molar-refractivity contribution is 5.86. The van der Waals surface area contributed by atoms with E-state index in [2.05, 4.69) is 5.32 Å². The zero-order valence-corrected chi connectivity index (χ0v) is 19.7. The SMILES string of the molecule is O=C1OCC(c2ccccc2)(c2ccccc2)C1OC(=O)[C@@H](NCc1ccccc1)c1ccccc1. The minimum Gasteiger partial charge on any atom is -0.461 e. The van der Waals surface area contributed by atoms with Crippen LogP contribution in [0, 0.1) is 0 Å². The molecule has 0 aromatic heterocycles. The van der Waals surface area contributed by atoms with Crippen LogP contribution in [0.2, 0.25) is 0 Å². The van der Waals surface area contributed by atoms with Gasteiger partial charge in [-0.2, -0.15) is 0 Å². The number of esters is 2. The van der Waals surface area contributed by atoms with Crippen LogP contribution in [0.25, 0.3) is 0 Å². The van der Waals surface area contributed by atoms with E-state index < -0.39 is 29.5 Å². The molecule has 1 heterocycles. The minimum absolute atomic E-state index is 0.0885. The van der Waals surface area contributed by atoms with Crippen LogP contribution in [0.1, 0.15) is 28.3 Å². The van der Waals surface area contributed by atoms with E-state index in [0.717, 1.165) is 22.3 Å². The third kappa shape index (κ3) is 4.66. The third-order valence-electron chi connectivity index (χ3n) is 6.64. The number of cyclic esters (lactones) is 1. The van der Waals surface area contributed by atoms with Crippen LogP contribution in [0.3, 0.4) is 0 Å². The minimum atomic E-state index is -1.13. The Labute approximate surface area is 210 Å². The second kappa shape index (κ2) is 10.6. The summed E-state index contributed by atoms with van der Waals surface area (Å²) in [6.45, 7) is 0.554. The van der Waals surface area contributed by atoms with Gasteiger partial charge in [0.1, 0.15) is 18.1 Å². The summed E-state index contributed by atoms with van der Waals surface area (Å²) in [5.41, 5.74) is 2.56. The van der Waals surface area contributed by atoms with Crippen molar-refractivity contribution in [2.75, 3.05) is 6.61 Å². The summed E-state index contributed by atoms with van der Waals surface area (Å²) >= 11 is 0. The molecule has 4 aromatic carbocycles. The number of rotatable bonds is 8. The second-order valence-electron chi connectivity index (χ2n) is 8.84. The molecule has 5 nitrogen and oxygen atoms in total. The molecule has 36 heavy (non-hydrogen) atoms. The quantitative estimate of drug-likeness (QED) is 0.363. The van der Waals surface area contributed by atoms with Gasteiger partial charge in [-0.15, -0.1) is 0 Å². The van der Waals surface area contributed by atoms with Crippen LogP contribution in [0.4, 0.5) is 0 Å². The average molecular weight is 478 g/mol. The molecule has 180 valence electrons. The van der Waals surface area contributed by atoms with Gasteiger partial charge in [0.05, 0.1) is 0 Å². The highest BCUT2D eigenvalue weighted by Gasteiger charge is 2.55. The van der Waals surface area contributed by atoms with Crippen LogP contribution in [0.15, 0.2) is 121 Å². The van der Waals surface area contributed by atoms with Crippen molar-refractivity contribution in [1.82, 2.24) is 5.32 Å². The highest BCUT2D eigenvalue weighted by atomic mass is 16.6. The third-order valence-corrected chi connectivity index (χ3v) is 6.64. The van der Waals surface area contributed by atoms with Crippen molar-refractivity contribution in [3.05, 3.63) is 144 Å². The molecule has 5 rings (SSSR count). The number of carbonyl (C=O) groups excluding carboxylic acids is 2. The lowest BCUT2D eigenvalue weighted by Crippen LogP contribution is -2.45. The highest BCUT2D eigenvalue weighted by Crippen LogP contribution is 2.42. The van der Waals surface area contributed by atoms with Crippen LogP contribution in [-0.4, -0.2) is 24.6 Å². The lowest BCUT2D eigenvalue weighted by molar-refractivity contribution is -0.163. The number of hydrogen-bond acceptors (Lipinski definition) is 5. The Morgan fingerprint density at radius 1 is 0.806 bits per heavy atom. The molecule has 2 atom stereocenters. The molecule has 1 N–H and O–H groups in total. The van der Waals surface area contributed by atoms with Gasteiger partial charge in [-0.3, -0.25) is 5.32 Å². The van der Waals surface area contributed by atoms with Gasteiger partial charge in [0.2, 0.25) is 6.10 Å². The van der Waals surface area contributed by atoms with Gasteiger partial charge in [0, 0.05) is 6.54 Å². The Kier molecular flexibility index (Phi) is 6.92. The molecule has 5 heteroatoms. The molecule has 1 fully saturated rings. The number of benzene rings is 4. The molecule has 0 spiro atoms. The molecule has 1 saturated heterocycles. The van der Waals surface area contributed by atoms with Crippen LogP contribution in [0.5, 0.6) is 0 Å². The van der Waals surface area contributed by atoms with E-state index in [9.17, 15) is 9.59 Å². The molecule has 0 bridgehead atoms. The monoisotopic (exact) mass is 477 g/mol. The molecule has 0 aliphatic carbocycles.